The molecule has 0 spiro atoms. The van der Waals surface area contributed by atoms with Crippen molar-refractivity contribution < 1.29 is 4.79 Å². The van der Waals surface area contributed by atoms with Crippen LogP contribution in [0.5, 0.6) is 0 Å². The van der Waals surface area contributed by atoms with E-state index in [2.05, 4.69) is 25.7 Å². The van der Waals surface area contributed by atoms with Gasteiger partial charge in [0.25, 0.3) is 5.91 Å². The van der Waals surface area contributed by atoms with Crippen LogP contribution in [0.15, 0.2) is 97.3 Å². The Morgan fingerprint density at radius 3 is 2.29 bits per heavy atom. The quantitative estimate of drug-likeness (QED) is 0.479. The number of hydrogen-bond donors (Lipinski definition) is 1. The third kappa shape index (κ3) is 3.69. The number of benzene rings is 3. The number of amides is 1. The molecule has 0 fully saturated rings. The van der Waals surface area contributed by atoms with Crippen LogP contribution in [0.2, 0.25) is 0 Å². The van der Waals surface area contributed by atoms with E-state index >= 15 is 0 Å². The fraction of sp³-hybridized carbons (Fsp3) is 0. The molecule has 5 aromatic rings. The number of aromatic nitrogens is 6. The van der Waals surface area contributed by atoms with Crippen LogP contribution in [-0.2, 0) is 0 Å². The SMILES string of the molecule is O=C(Nc1ccccc1-n1ccnn1)c1nc(-c2ccccc2)n(-c2ccccc2)n1. The van der Waals surface area contributed by atoms with Gasteiger partial charge in [-0.2, -0.15) is 0 Å². The summed E-state index contributed by atoms with van der Waals surface area (Å²) in [6.07, 6.45) is 3.29. The average Bonchev–Trinajstić information content (AvgIpc) is 3.51. The van der Waals surface area contributed by atoms with E-state index in [1.165, 1.54) is 0 Å². The maximum Gasteiger partial charge on any atom is 0.295 e. The summed E-state index contributed by atoms with van der Waals surface area (Å²) in [6, 6.07) is 26.6. The van der Waals surface area contributed by atoms with Gasteiger partial charge in [-0.1, -0.05) is 65.9 Å². The Labute approximate surface area is 177 Å². The fourth-order valence-corrected chi connectivity index (χ4v) is 3.23. The van der Waals surface area contributed by atoms with Gasteiger partial charge in [-0.3, -0.25) is 4.79 Å². The summed E-state index contributed by atoms with van der Waals surface area (Å²) in [5, 5.41) is 15.2. The Morgan fingerprint density at radius 1 is 0.839 bits per heavy atom. The topological polar surface area (TPSA) is 90.5 Å². The fourth-order valence-electron chi connectivity index (χ4n) is 3.23. The maximum absolute atomic E-state index is 13.1. The summed E-state index contributed by atoms with van der Waals surface area (Å²) in [5.41, 5.74) is 2.95. The van der Waals surface area contributed by atoms with Crippen LogP contribution in [-0.4, -0.2) is 35.7 Å². The Morgan fingerprint density at radius 2 is 1.55 bits per heavy atom. The first kappa shape index (κ1) is 18.4. The van der Waals surface area contributed by atoms with Crippen molar-refractivity contribution in [3.8, 4) is 22.8 Å². The largest absolute Gasteiger partial charge is 0.317 e. The van der Waals surface area contributed by atoms with Crippen molar-refractivity contribution in [3.63, 3.8) is 0 Å². The Kier molecular flexibility index (Phi) is 4.78. The minimum absolute atomic E-state index is 0.0658. The normalized spacial score (nSPS) is 10.7. The van der Waals surface area contributed by atoms with Crippen LogP contribution in [0, 0.1) is 0 Å². The van der Waals surface area contributed by atoms with Crippen LogP contribution in [0.4, 0.5) is 5.69 Å². The van der Waals surface area contributed by atoms with Crippen molar-refractivity contribution in [1.82, 2.24) is 29.8 Å². The number of hydrogen-bond acceptors (Lipinski definition) is 5. The lowest BCUT2D eigenvalue weighted by Crippen LogP contribution is -2.16. The van der Waals surface area contributed by atoms with Crippen LogP contribution in [0.1, 0.15) is 10.6 Å². The van der Waals surface area contributed by atoms with Gasteiger partial charge in [-0.15, -0.1) is 10.2 Å². The molecule has 0 saturated heterocycles. The molecule has 8 heteroatoms. The van der Waals surface area contributed by atoms with E-state index in [1.54, 1.807) is 27.8 Å². The molecule has 150 valence electrons. The van der Waals surface area contributed by atoms with Crippen molar-refractivity contribution in [2.24, 2.45) is 0 Å². The molecule has 0 bridgehead atoms. The molecule has 3 aromatic carbocycles. The number of nitrogens with zero attached hydrogens (tertiary/aromatic N) is 6. The van der Waals surface area contributed by atoms with E-state index < -0.39 is 5.91 Å². The predicted octanol–water partition coefficient (Wildman–Crippen LogP) is 3.77. The van der Waals surface area contributed by atoms with Crippen molar-refractivity contribution in [2.45, 2.75) is 0 Å². The van der Waals surface area contributed by atoms with Crippen LogP contribution in [0.25, 0.3) is 22.8 Å². The summed E-state index contributed by atoms with van der Waals surface area (Å²) < 4.78 is 3.26. The van der Waals surface area contributed by atoms with Crippen molar-refractivity contribution in [1.29, 1.82) is 0 Å². The number of carbonyl (C=O) groups is 1. The van der Waals surface area contributed by atoms with Gasteiger partial charge in [0.1, 0.15) is 0 Å². The molecule has 0 aliphatic carbocycles. The summed E-state index contributed by atoms with van der Waals surface area (Å²) >= 11 is 0. The Hall–Kier alpha value is -4.59. The van der Waals surface area contributed by atoms with Crippen LogP contribution >= 0.6 is 0 Å². The third-order valence-electron chi connectivity index (χ3n) is 4.66. The van der Waals surface area contributed by atoms with Crippen molar-refractivity contribution in [2.75, 3.05) is 5.32 Å². The number of nitrogens with one attached hydrogen (secondary N) is 1. The first-order chi connectivity index (χ1) is 15.3. The van der Waals surface area contributed by atoms with Crippen LogP contribution in [0.3, 0.4) is 0 Å². The average molecular weight is 407 g/mol. The lowest BCUT2D eigenvalue weighted by molar-refractivity contribution is 0.101. The molecule has 2 aromatic heterocycles. The van der Waals surface area contributed by atoms with E-state index in [0.29, 0.717) is 17.2 Å². The highest BCUT2D eigenvalue weighted by molar-refractivity contribution is 6.03. The molecule has 1 N–H and O–H groups in total. The maximum atomic E-state index is 13.1. The molecule has 2 heterocycles. The molecule has 1 amide bonds. The minimum atomic E-state index is -0.417. The van der Waals surface area contributed by atoms with Crippen molar-refractivity contribution >= 4 is 11.6 Å². The highest BCUT2D eigenvalue weighted by atomic mass is 16.2. The summed E-state index contributed by atoms with van der Waals surface area (Å²) in [5.74, 6) is 0.233. The Balaban J connectivity index is 1.53. The number of anilines is 1. The van der Waals surface area contributed by atoms with Gasteiger partial charge < -0.3 is 5.32 Å². The van der Waals surface area contributed by atoms with E-state index in [9.17, 15) is 4.79 Å². The Bertz CT molecular complexity index is 1260. The van der Waals surface area contributed by atoms with Gasteiger partial charge in [0, 0.05) is 5.56 Å². The zero-order valence-corrected chi connectivity index (χ0v) is 16.3. The molecule has 0 unspecified atom stereocenters. The highest BCUT2D eigenvalue weighted by Crippen LogP contribution is 2.23. The van der Waals surface area contributed by atoms with Gasteiger partial charge in [0.05, 0.1) is 29.5 Å². The first-order valence-electron chi connectivity index (χ1n) is 9.64. The molecule has 5 rings (SSSR count). The summed E-state index contributed by atoms with van der Waals surface area (Å²) in [6.45, 7) is 0. The molecule has 8 nitrogen and oxygen atoms in total. The zero-order chi connectivity index (χ0) is 21.0. The monoisotopic (exact) mass is 407 g/mol. The summed E-state index contributed by atoms with van der Waals surface area (Å²) in [4.78, 5) is 17.6. The minimum Gasteiger partial charge on any atom is -0.317 e. The smallest absolute Gasteiger partial charge is 0.295 e. The molecule has 0 radical (unpaired) electrons. The second kappa shape index (κ2) is 8.03. The second-order valence-corrected chi connectivity index (χ2v) is 6.69. The zero-order valence-electron chi connectivity index (χ0n) is 16.3. The number of carbonyl (C=O) groups excluding carboxylic acids is 1. The van der Waals surface area contributed by atoms with Crippen LogP contribution < -0.4 is 5.32 Å². The summed E-state index contributed by atoms with van der Waals surface area (Å²) in [7, 11) is 0. The molecule has 0 atom stereocenters. The van der Waals surface area contributed by atoms with Crippen molar-refractivity contribution in [3.05, 3.63) is 103 Å². The predicted molar refractivity (Wildman–Crippen MR) is 116 cm³/mol. The molecular formula is C23H17N7O. The van der Waals surface area contributed by atoms with E-state index in [0.717, 1.165) is 11.3 Å². The lowest BCUT2D eigenvalue weighted by atomic mass is 10.2. The van der Waals surface area contributed by atoms with Gasteiger partial charge in [0.15, 0.2) is 5.82 Å². The number of rotatable bonds is 5. The highest BCUT2D eigenvalue weighted by Gasteiger charge is 2.20. The third-order valence-corrected chi connectivity index (χ3v) is 4.66. The molecule has 0 aliphatic rings. The van der Waals surface area contributed by atoms with Gasteiger partial charge >= 0.3 is 0 Å². The molecule has 31 heavy (non-hydrogen) atoms. The van der Waals surface area contributed by atoms with E-state index in [-0.39, 0.29) is 5.82 Å². The van der Waals surface area contributed by atoms with E-state index in [4.69, 9.17) is 0 Å². The number of para-hydroxylation sites is 3. The second-order valence-electron chi connectivity index (χ2n) is 6.69. The standard InChI is InChI=1S/C23H17N7O/c31-23(25-19-13-7-8-14-20(19)29-16-15-24-28-29)21-26-22(17-9-3-1-4-10-17)30(27-21)18-11-5-2-6-12-18/h1-16H,(H,25,31). The lowest BCUT2D eigenvalue weighted by Gasteiger charge is -2.09. The van der Waals surface area contributed by atoms with Gasteiger partial charge in [-0.25, -0.2) is 14.3 Å². The first-order valence-corrected chi connectivity index (χ1v) is 9.64. The molecule has 0 aliphatic heterocycles. The molecular weight excluding hydrogens is 390 g/mol. The van der Waals surface area contributed by atoms with E-state index in [1.807, 2.05) is 78.9 Å². The van der Waals surface area contributed by atoms with Gasteiger partial charge in [-0.05, 0) is 24.3 Å². The van der Waals surface area contributed by atoms with Gasteiger partial charge in [0.2, 0.25) is 5.82 Å². The molecule has 0 saturated carbocycles.